The number of nitrogens with zero attached hydrogens (tertiary/aromatic N) is 3. The number of hydrogen-bond donors (Lipinski definition) is 1. The summed E-state index contributed by atoms with van der Waals surface area (Å²) in [4.78, 5) is 8.96. The molecule has 5 nitrogen and oxygen atoms in total. The molecule has 1 aromatic carbocycles. The number of aryl methyl sites for hydroxylation is 2. The summed E-state index contributed by atoms with van der Waals surface area (Å²) in [6.07, 6.45) is 1.75. The van der Waals surface area contributed by atoms with E-state index >= 15 is 0 Å². The Labute approximate surface area is 117 Å². The molecule has 2 heterocycles. The van der Waals surface area contributed by atoms with Crippen molar-refractivity contribution in [2.45, 2.75) is 26.8 Å². The van der Waals surface area contributed by atoms with Crippen LogP contribution in [-0.2, 0) is 0 Å². The Morgan fingerprint density at radius 1 is 1.15 bits per heavy atom. The zero-order valence-electron chi connectivity index (χ0n) is 11.7. The fraction of sp³-hybridized carbons (Fsp3) is 0.267. The lowest BCUT2D eigenvalue weighted by molar-refractivity contribution is 0.392. The predicted molar refractivity (Wildman–Crippen MR) is 77.6 cm³/mol. The summed E-state index contributed by atoms with van der Waals surface area (Å²) >= 11 is 0. The highest BCUT2D eigenvalue weighted by Crippen LogP contribution is 2.24. The number of fused-ring (bicyclic) bond motifs is 1. The van der Waals surface area contributed by atoms with Crippen molar-refractivity contribution >= 4 is 16.9 Å². The Hall–Kier alpha value is -2.43. The third kappa shape index (κ3) is 2.22. The monoisotopic (exact) mass is 268 g/mol. The van der Waals surface area contributed by atoms with Gasteiger partial charge in [-0.05, 0) is 32.9 Å². The van der Waals surface area contributed by atoms with Crippen LogP contribution >= 0.6 is 0 Å². The minimum absolute atomic E-state index is 0.0664. The highest BCUT2D eigenvalue weighted by atomic mass is 16.5. The van der Waals surface area contributed by atoms with Gasteiger partial charge in [-0.3, -0.25) is 4.98 Å². The molecule has 0 spiro atoms. The molecule has 0 aliphatic heterocycles. The van der Waals surface area contributed by atoms with Crippen molar-refractivity contribution in [3.63, 3.8) is 0 Å². The summed E-state index contributed by atoms with van der Waals surface area (Å²) in [5.74, 6) is 1.58. The van der Waals surface area contributed by atoms with Gasteiger partial charge in [0.2, 0.25) is 0 Å². The highest BCUT2D eigenvalue weighted by molar-refractivity contribution is 5.75. The molecule has 2 aromatic heterocycles. The second kappa shape index (κ2) is 4.92. The van der Waals surface area contributed by atoms with Gasteiger partial charge >= 0.3 is 0 Å². The van der Waals surface area contributed by atoms with Crippen LogP contribution in [0.25, 0.3) is 11.0 Å². The van der Waals surface area contributed by atoms with Gasteiger partial charge in [-0.2, -0.15) is 0 Å². The van der Waals surface area contributed by atoms with E-state index < -0.39 is 0 Å². The van der Waals surface area contributed by atoms with Crippen molar-refractivity contribution in [2.24, 2.45) is 0 Å². The summed E-state index contributed by atoms with van der Waals surface area (Å²) in [5.41, 5.74) is 3.74. The van der Waals surface area contributed by atoms with E-state index in [0.717, 1.165) is 33.9 Å². The first-order valence-corrected chi connectivity index (χ1v) is 6.56. The molecule has 102 valence electrons. The molecule has 0 bridgehead atoms. The zero-order valence-corrected chi connectivity index (χ0v) is 11.7. The predicted octanol–water partition coefficient (Wildman–Crippen LogP) is 3.41. The summed E-state index contributed by atoms with van der Waals surface area (Å²) in [7, 11) is 0. The number of anilines is 1. The van der Waals surface area contributed by atoms with E-state index in [0.29, 0.717) is 0 Å². The molecule has 3 aromatic rings. The number of para-hydroxylation sites is 2. The molecule has 1 unspecified atom stereocenters. The Bertz CT molecular complexity index is 731. The van der Waals surface area contributed by atoms with Gasteiger partial charge in [-0.25, -0.2) is 4.98 Å². The van der Waals surface area contributed by atoms with Crippen molar-refractivity contribution in [2.75, 3.05) is 5.32 Å². The average Bonchev–Trinajstić information content (AvgIpc) is 2.78. The van der Waals surface area contributed by atoms with Crippen molar-refractivity contribution in [3.8, 4) is 0 Å². The lowest BCUT2D eigenvalue weighted by Crippen LogP contribution is -2.09. The Morgan fingerprint density at radius 3 is 2.60 bits per heavy atom. The molecule has 5 heteroatoms. The van der Waals surface area contributed by atoms with Crippen LogP contribution in [0.2, 0.25) is 0 Å². The van der Waals surface area contributed by atoms with Crippen LogP contribution in [0, 0.1) is 13.8 Å². The molecule has 0 saturated heterocycles. The van der Waals surface area contributed by atoms with Gasteiger partial charge in [0.05, 0.1) is 29.0 Å². The van der Waals surface area contributed by atoms with Gasteiger partial charge in [0, 0.05) is 5.56 Å². The van der Waals surface area contributed by atoms with Crippen molar-refractivity contribution in [1.29, 1.82) is 0 Å². The van der Waals surface area contributed by atoms with Gasteiger partial charge in [-0.15, -0.1) is 0 Å². The zero-order chi connectivity index (χ0) is 14.1. The number of nitrogens with one attached hydrogen (secondary N) is 1. The molecule has 0 fully saturated rings. The maximum Gasteiger partial charge on any atom is 0.145 e. The fourth-order valence-electron chi connectivity index (χ4n) is 2.43. The van der Waals surface area contributed by atoms with E-state index in [1.54, 1.807) is 6.20 Å². The summed E-state index contributed by atoms with van der Waals surface area (Å²) < 4.78 is 5.20. The molecule has 0 aliphatic rings. The lowest BCUT2D eigenvalue weighted by atomic mass is 10.1. The molecule has 0 radical (unpaired) electrons. The number of rotatable bonds is 3. The van der Waals surface area contributed by atoms with Crippen molar-refractivity contribution < 1.29 is 4.52 Å². The van der Waals surface area contributed by atoms with E-state index in [2.05, 4.69) is 27.4 Å². The van der Waals surface area contributed by atoms with Crippen LogP contribution in [0.5, 0.6) is 0 Å². The Kier molecular flexibility index (Phi) is 3.10. The second-order valence-corrected chi connectivity index (χ2v) is 4.85. The largest absolute Gasteiger partial charge is 0.362 e. The minimum Gasteiger partial charge on any atom is -0.362 e. The summed E-state index contributed by atoms with van der Waals surface area (Å²) in [6.45, 7) is 5.92. The van der Waals surface area contributed by atoms with E-state index in [-0.39, 0.29) is 6.04 Å². The molecular formula is C15H16N4O. The molecule has 0 amide bonds. The van der Waals surface area contributed by atoms with Gasteiger partial charge in [0.1, 0.15) is 11.6 Å². The Morgan fingerprint density at radius 2 is 1.90 bits per heavy atom. The van der Waals surface area contributed by atoms with Crippen LogP contribution in [0.1, 0.15) is 30.0 Å². The quantitative estimate of drug-likeness (QED) is 0.788. The van der Waals surface area contributed by atoms with E-state index in [9.17, 15) is 0 Å². The van der Waals surface area contributed by atoms with Gasteiger partial charge in [0.15, 0.2) is 0 Å². The second-order valence-electron chi connectivity index (χ2n) is 4.85. The molecule has 20 heavy (non-hydrogen) atoms. The van der Waals surface area contributed by atoms with E-state index in [4.69, 9.17) is 4.52 Å². The Balaban J connectivity index is 1.89. The third-order valence-corrected chi connectivity index (χ3v) is 3.33. The van der Waals surface area contributed by atoms with Crippen molar-refractivity contribution in [1.82, 2.24) is 15.1 Å². The average molecular weight is 268 g/mol. The summed E-state index contributed by atoms with van der Waals surface area (Å²) in [6, 6.07) is 7.88. The van der Waals surface area contributed by atoms with Crippen LogP contribution in [0.15, 0.2) is 35.0 Å². The molecule has 0 saturated carbocycles. The maximum absolute atomic E-state index is 5.20. The van der Waals surface area contributed by atoms with Crippen LogP contribution in [0.4, 0.5) is 5.82 Å². The van der Waals surface area contributed by atoms with Crippen LogP contribution < -0.4 is 5.32 Å². The molecule has 3 rings (SSSR count). The first-order valence-electron chi connectivity index (χ1n) is 6.56. The lowest BCUT2D eigenvalue weighted by Gasteiger charge is -2.14. The highest BCUT2D eigenvalue weighted by Gasteiger charge is 2.16. The standard InChI is InChI=1S/C15H16N4O/c1-9(15-10(2)19-20-11(15)3)17-14-8-16-12-6-4-5-7-13(12)18-14/h4-9H,1-3H3,(H,17,18). The molecular weight excluding hydrogens is 252 g/mol. The third-order valence-electron chi connectivity index (χ3n) is 3.33. The van der Waals surface area contributed by atoms with Crippen LogP contribution in [0.3, 0.4) is 0 Å². The smallest absolute Gasteiger partial charge is 0.145 e. The fourth-order valence-corrected chi connectivity index (χ4v) is 2.43. The SMILES string of the molecule is Cc1noc(C)c1C(C)Nc1cnc2ccccc2n1. The van der Waals surface area contributed by atoms with E-state index in [1.807, 2.05) is 38.1 Å². The molecule has 1 atom stereocenters. The van der Waals surface area contributed by atoms with Gasteiger partial charge in [0.25, 0.3) is 0 Å². The van der Waals surface area contributed by atoms with Crippen LogP contribution in [-0.4, -0.2) is 15.1 Å². The van der Waals surface area contributed by atoms with Crippen molar-refractivity contribution in [3.05, 3.63) is 47.5 Å². The topological polar surface area (TPSA) is 63.8 Å². The maximum atomic E-state index is 5.20. The molecule has 0 aliphatic carbocycles. The molecule has 1 N–H and O–H groups in total. The number of benzene rings is 1. The first kappa shape index (κ1) is 12.6. The number of hydrogen-bond acceptors (Lipinski definition) is 5. The summed E-state index contributed by atoms with van der Waals surface area (Å²) in [5, 5.41) is 7.32. The number of aromatic nitrogens is 3. The minimum atomic E-state index is 0.0664. The normalized spacial score (nSPS) is 12.6. The van der Waals surface area contributed by atoms with Gasteiger partial charge in [-0.1, -0.05) is 17.3 Å². The van der Waals surface area contributed by atoms with Gasteiger partial charge < -0.3 is 9.84 Å². The van der Waals surface area contributed by atoms with E-state index in [1.165, 1.54) is 0 Å². The first-order chi connectivity index (χ1) is 9.65.